The zero-order valence-corrected chi connectivity index (χ0v) is 15.6. The summed E-state index contributed by atoms with van der Waals surface area (Å²) >= 11 is 0. The first-order chi connectivity index (χ1) is 14.0. The number of nitrogens with one attached hydrogen (secondary N) is 1. The largest absolute Gasteiger partial charge is 0.497 e. The highest BCUT2D eigenvalue weighted by Crippen LogP contribution is 2.26. The Morgan fingerprint density at radius 2 is 1.97 bits per heavy atom. The molecule has 148 valence electrons. The highest BCUT2D eigenvalue weighted by Gasteiger charge is 2.13. The molecule has 29 heavy (non-hydrogen) atoms. The van der Waals surface area contributed by atoms with Gasteiger partial charge in [-0.3, -0.25) is 14.9 Å². The minimum atomic E-state index is -0.474. The van der Waals surface area contributed by atoms with Crippen LogP contribution in [0, 0.1) is 10.1 Å². The molecule has 1 amide bonds. The van der Waals surface area contributed by atoms with E-state index in [2.05, 4.69) is 10.5 Å². The second kappa shape index (κ2) is 8.70. The zero-order valence-electron chi connectivity index (χ0n) is 15.6. The zero-order chi connectivity index (χ0) is 20.8. The average molecular weight is 395 g/mol. The molecule has 0 atom stereocenters. The van der Waals surface area contributed by atoms with Crippen molar-refractivity contribution in [2.75, 3.05) is 14.2 Å². The first-order valence-corrected chi connectivity index (χ1v) is 8.42. The van der Waals surface area contributed by atoms with Gasteiger partial charge in [-0.15, -0.1) is 0 Å². The van der Waals surface area contributed by atoms with Crippen LogP contribution in [0.5, 0.6) is 11.5 Å². The standard InChI is InChI=1S/C20H17N3O6/c1-27-15-6-8-17(19(11-15)28-2)20(24)22-21-12-16-7-9-18(29-16)13-4-3-5-14(10-13)23(25)26/h3-12H,1-2H3,(H,22,24). The third-order valence-electron chi connectivity index (χ3n) is 3.98. The van der Waals surface area contributed by atoms with Crippen molar-refractivity contribution in [3.63, 3.8) is 0 Å². The molecule has 0 radical (unpaired) electrons. The van der Waals surface area contributed by atoms with E-state index in [1.54, 1.807) is 42.5 Å². The molecule has 1 aromatic heterocycles. The van der Waals surface area contributed by atoms with Crippen LogP contribution in [0.15, 0.2) is 64.1 Å². The van der Waals surface area contributed by atoms with E-state index in [-0.39, 0.29) is 5.69 Å². The topological polar surface area (TPSA) is 116 Å². The maximum atomic E-state index is 12.3. The number of nitrogens with zero attached hydrogens (tertiary/aromatic N) is 2. The summed E-state index contributed by atoms with van der Waals surface area (Å²) in [7, 11) is 2.97. The van der Waals surface area contributed by atoms with E-state index >= 15 is 0 Å². The van der Waals surface area contributed by atoms with Crippen LogP contribution in [0.4, 0.5) is 5.69 Å². The third-order valence-corrected chi connectivity index (χ3v) is 3.98. The predicted molar refractivity (Wildman–Crippen MR) is 105 cm³/mol. The number of rotatable bonds is 7. The number of methoxy groups -OCH3 is 2. The lowest BCUT2D eigenvalue weighted by molar-refractivity contribution is -0.384. The molecule has 9 heteroatoms. The van der Waals surface area contributed by atoms with Gasteiger partial charge in [0.1, 0.15) is 23.0 Å². The number of ether oxygens (including phenoxy) is 2. The van der Waals surface area contributed by atoms with Gasteiger partial charge in [-0.25, -0.2) is 5.43 Å². The molecule has 0 saturated carbocycles. The fourth-order valence-electron chi connectivity index (χ4n) is 2.55. The van der Waals surface area contributed by atoms with Crippen LogP contribution in [-0.4, -0.2) is 31.3 Å². The predicted octanol–water partition coefficient (Wildman–Crippen LogP) is 3.64. The Labute approximate surface area is 165 Å². The van der Waals surface area contributed by atoms with Crippen LogP contribution in [0.3, 0.4) is 0 Å². The molecule has 0 fully saturated rings. The molecule has 0 saturated heterocycles. The van der Waals surface area contributed by atoms with E-state index in [0.29, 0.717) is 34.1 Å². The van der Waals surface area contributed by atoms with Crippen molar-refractivity contribution in [1.29, 1.82) is 0 Å². The lowest BCUT2D eigenvalue weighted by Gasteiger charge is -2.08. The number of amides is 1. The number of nitro benzene ring substituents is 1. The summed E-state index contributed by atoms with van der Waals surface area (Å²) < 4.78 is 15.9. The van der Waals surface area contributed by atoms with Crippen molar-refractivity contribution in [2.24, 2.45) is 5.10 Å². The van der Waals surface area contributed by atoms with Crippen LogP contribution in [0.1, 0.15) is 16.1 Å². The number of hydrogen-bond acceptors (Lipinski definition) is 7. The Hall–Kier alpha value is -4.14. The molecule has 0 bridgehead atoms. The van der Waals surface area contributed by atoms with Gasteiger partial charge in [-0.2, -0.15) is 5.10 Å². The minimum absolute atomic E-state index is 0.0326. The van der Waals surface area contributed by atoms with Crippen molar-refractivity contribution in [3.8, 4) is 22.8 Å². The molecular formula is C20H17N3O6. The fourth-order valence-corrected chi connectivity index (χ4v) is 2.55. The van der Waals surface area contributed by atoms with Gasteiger partial charge in [-0.05, 0) is 24.3 Å². The summed E-state index contributed by atoms with van der Waals surface area (Å²) in [6.07, 6.45) is 1.33. The Kier molecular flexibility index (Phi) is 5.88. The van der Waals surface area contributed by atoms with Crippen molar-refractivity contribution < 1.29 is 23.6 Å². The number of carbonyl (C=O) groups is 1. The number of benzene rings is 2. The maximum absolute atomic E-state index is 12.3. The monoisotopic (exact) mass is 395 g/mol. The Morgan fingerprint density at radius 1 is 1.14 bits per heavy atom. The molecule has 0 spiro atoms. The van der Waals surface area contributed by atoms with Gasteiger partial charge < -0.3 is 13.9 Å². The van der Waals surface area contributed by atoms with Crippen LogP contribution in [-0.2, 0) is 0 Å². The van der Waals surface area contributed by atoms with E-state index in [4.69, 9.17) is 13.9 Å². The van der Waals surface area contributed by atoms with E-state index < -0.39 is 10.8 Å². The summed E-state index contributed by atoms with van der Waals surface area (Å²) in [6.45, 7) is 0. The summed E-state index contributed by atoms with van der Waals surface area (Å²) in [5.41, 5.74) is 3.22. The van der Waals surface area contributed by atoms with Gasteiger partial charge in [0.15, 0.2) is 0 Å². The lowest BCUT2D eigenvalue weighted by Crippen LogP contribution is -2.18. The highest BCUT2D eigenvalue weighted by molar-refractivity contribution is 5.97. The molecule has 0 unspecified atom stereocenters. The Balaban J connectivity index is 1.70. The SMILES string of the molecule is COc1ccc(C(=O)NN=Cc2ccc(-c3cccc([N+](=O)[O-])c3)o2)c(OC)c1. The lowest BCUT2D eigenvalue weighted by atomic mass is 10.1. The van der Waals surface area contributed by atoms with Crippen LogP contribution < -0.4 is 14.9 Å². The molecule has 3 rings (SSSR count). The average Bonchev–Trinajstić information content (AvgIpc) is 3.22. The van der Waals surface area contributed by atoms with Crippen LogP contribution in [0.25, 0.3) is 11.3 Å². The molecular weight excluding hydrogens is 378 g/mol. The normalized spacial score (nSPS) is 10.7. The molecule has 1 N–H and O–H groups in total. The Morgan fingerprint density at radius 3 is 2.69 bits per heavy atom. The molecule has 9 nitrogen and oxygen atoms in total. The van der Waals surface area contributed by atoms with Gasteiger partial charge >= 0.3 is 0 Å². The van der Waals surface area contributed by atoms with E-state index in [0.717, 1.165) is 0 Å². The number of hydrazone groups is 1. The van der Waals surface area contributed by atoms with E-state index in [9.17, 15) is 14.9 Å². The van der Waals surface area contributed by atoms with Crippen molar-refractivity contribution in [3.05, 3.63) is 76.0 Å². The first-order valence-electron chi connectivity index (χ1n) is 8.42. The number of nitro groups is 1. The molecule has 3 aromatic rings. The minimum Gasteiger partial charge on any atom is -0.497 e. The molecule has 1 heterocycles. The summed E-state index contributed by atoms with van der Waals surface area (Å²) in [5.74, 6) is 1.26. The fraction of sp³-hybridized carbons (Fsp3) is 0.100. The van der Waals surface area contributed by atoms with Crippen LogP contribution >= 0.6 is 0 Å². The second-order valence-electron chi connectivity index (χ2n) is 5.77. The molecule has 0 aliphatic heterocycles. The molecule has 0 aliphatic carbocycles. The molecule has 2 aromatic carbocycles. The molecule has 0 aliphatic rings. The van der Waals surface area contributed by atoms with E-state index in [1.165, 1.54) is 32.6 Å². The Bertz CT molecular complexity index is 1070. The van der Waals surface area contributed by atoms with Gasteiger partial charge in [0, 0.05) is 23.8 Å². The van der Waals surface area contributed by atoms with Gasteiger partial charge in [0.2, 0.25) is 0 Å². The summed E-state index contributed by atoms with van der Waals surface area (Å²) in [4.78, 5) is 22.7. The quantitative estimate of drug-likeness (QED) is 0.371. The maximum Gasteiger partial charge on any atom is 0.275 e. The van der Waals surface area contributed by atoms with Crippen LogP contribution in [0.2, 0.25) is 0 Å². The van der Waals surface area contributed by atoms with Crippen molar-refractivity contribution in [1.82, 2.24) is 5.43 Å². The third kappa shape index (κ3) is 4.59. The summed E-state index contributed by atoms with van der Waals surface area (Å²) in [6, 6.07) is 14.2. The number of furan rings is 1. The number of hydrogen-bond donors (Lipinski definition) is 1. The second-order valence-corrected chi connectivity index (χ2v) is 5.77. The van der Waals surface area contributed by atoms with Crippen molar-refractivity contribution in [2.45, 2.75) is 0 Å². The van der Waals surface area contributed by atoms with Gasteiger partial charge in [0.05, 0.1) is 30.9 Å². The van der Waals surface area contributed by atoms with Crippen molar-refractivity contribution >= 4 is 17.8 Å². The summed E-state index contributed by atoms with van der Waals surface area (Å²) in [5, 5.41) is 14.8. The highest BCUT2D eigenvalue weighted by atomic mass is 16.6. The smallest absolute Gasteiger partial charge is 0.275 e. The number of carbonyl (C=O) groups excluding carboxylic acids is 1. The van der Waals surface area contributed by atoms with E-state index in [1.807, 2.05) is 0 Å². The van der Waals surface area contributed by atoms with Gasteiger partial charge in [-0.1, -0.05) is 12.1 Å². The van der Waals surface area contributed by atoms with Gasteiger partial charge in [0.25, 0.3) is 11.6 Å². The number of non-ortho nitro benzene ring substituents is 1. The first kappa shape index (κ1) is 19.6.